The highest BCUT2D eigenvalue weighted by Crippen LogP contribution is 2.17. The molecular formula is C26H35N3O3. The second-order valence-electron chi connectivity index (χ2n) is 8.27. The standard InChI is InChI=1S/C26H35N3O3/c1-2-3-4-5-8-19-32-24-15-13-23(14-16-24)28-25(30)20-27-22-11-9-21(10-12-22)26(31)29-17-6-7-18-29/h9-16,27H,2-8,17-20H2,1H3,(H,28,30). The van der Waals surface area contributed by atoms with Gasteiger partial charge in [-0.05, 0) is 67.8 Å². The first kappa shape index (κ1) is 23.6. The number of unbranched alkanes of at least 4 members (excludes halogenated alkanes) is 4. The third kappa shape index (κ3) is 7.59. The summed E-state index contributed by atoms with van der Waals surface area (Å²) in [5.74, 6) is 0.766. The fourth-order valence-electron chi connectivity index (χ4n) is 3.75. The van der Waals surface area contributed by atoms with Crippen LogP contribution in [0.1, 0.15) is 62.2 Å². The van der Waals surface area contributed by atoms with E-state index in [-0.39, 0.29) is 18.4 Å². The minimum Gasteiger partial charge on any atom is -0.494 e. The highest BCUT2D eigenvalue weighted by molar-refractivity contribution is 5.95. The second-order valence-corrected chi connectivity index (χ2v) is 8.27. The van der Waals surface area contributed by atoms with Gasteiger partial charge in [-0.3, -0.25) is 9.59 Å². The van der Waals surface area contributed by atoms with Crippen LogP contribution in [-0.4, -0.2) is 43.0 Å². The van der Waals surface area contributed by atoms with E-state index in [1.54, 1.807) is 0 Å². The molecule has 2 N–H and O–H groups in total. The fraction of sp³-hybridized carbons (Fsp3) is 0.462. The minimum atomic E-state index is -0.133. The molecule has 0 bridgehead atoms. The molecule has 0 saturated carbocycles. The molecule has 1 heterocycles. The number of likely N-dealkylation sites (tertiary alicyclic amines) is 1. The number of hydrogen-bond acceptors (Lipinski definition) is 4. The third-order valence-corrected chi connectivity index (χ3v) is 5.63. The van der Waals surface area contributed by atoms with Gasteiger partial charge >= 0.3 is 0 Å². The molecule has 0 unspecified atom stereocenters. The van der Waals surface area contributed by atoms with E-state index in [4.69, 9.17) is 4.74 Å². The van der Waals surface area contributed by atoms with E-state index in [9.17, 15) is 9.59 Å². The lowest BCUT2D eigenvalue weighted by Crippen LogP contribution is -2.27. The monoisotopic (exact) mass is 437 g/mol. The van der Waals surface area contributed by atoms with E-state index in [1.165, 1.54) is 25.7 Å². The van der Waals surface area contributed by atoms with Crippen molar-refractivity contribution in [2.45, 2.75) is 51.9 Å². The molecule has 0 aliphatic carbocycles. The first-order chi connectivity index (χ1) is 15.7. The Morgan fingerprint density at radius 1 is 0.875 bits per heavy atom. The topological polar surface area (TPSA) is 70.7 Å². The van der Waals surface area contributed by atoms with E-state index in [0.717, 1.165) is 56.1 Å². The van der Waals surface area contributed by atoms with Crippen LogP contribution in [0.2, 0.25) is 0 Å². The number of amides is 2. The van der Waals surface area contributed by atoms with E-state index in [2.05, 4.69) is 17.6 Å². The van der Waals surface area contributed by atoms with Crippen LogP contribution in [0, 0.1) is 0 Å². The Bertz CT molecular complexity index is 844. The molecule has 6 nitrogen and oxygen atoms in total. The number of nitrogens with zero attached hydrogens (tertiary/aromatic N) is 1. The molecule has 6 heteroatoms. The summed E-state index contributed by atoms with van der Waals surface area (Å²) >= 11 is 0. The summed E-state index contributed by atoms with van der Waals surface area (Å²) in [5.41, 5.74) is 2.23. The van der Waals surface area contributed by atoms with E-state index in [1.807, 2.05) is 53.4 Å². The van der Waals surface area contributed by atoms with Crippen LogP contribution < -0.4 is 15.4 Å². The van der Waals surface area contributed by atoms with Crippen molar-refractivity contribution in [2.75, 3.05) is 36.9 Å². The molecule has 3 rings (SSSR count). The molecule has 1 aliphatic heterocycles. The average molecular weight is 438 g/mol. The lowest BCUT2D eigenvalue weighted by atomic mass is 10.2. The number of benzene rings is 2. The van der Waals surface area contributed by atoms with Gasteiger partial charge in [-0.2, -0.15) is 0 Å². The molecular weight excluding hydrogens is 402 g/mol. The van der Waals surface area contributed by atoms with Gasteiger partial charge in [0.2, 0.25) is 5.91 Å². The summed E-state index contributed by atoms with van der Waals surface area (Å²) in [4.78, 5) is 26.5. The van der Waals surface area contributed by atoms with Crippen LogP contribution in [-0.2, 0) is 4.79 Å². The Kier molecular flexibility index (Phi) is 9.41. The maximum absolute atomic E-state index is 12.4. The quantitative estimate of drug-likeness (QED) is 0.441. The first-order valence-electron chi connectivity index (χ1n) is 11.8. The van der Waals surface area contributed by atoms with Crippen LogP contribution in [0.15, 0.2) is 48.5 Å². The summed E-state index contributed by atoms with van der Waals surface area (Å²) in [6.45, 7) is 4.76. The summed E-state index contributed by atoms with van der Waals surface area (Å²) in [7, 11) is 0. The van der Waals surface area contributed by atoms with Crippen LogP contribution in [0.25, 0.3) is 0 Å². The van der Waals surface area contributed by atoms with Crippen molar-refractivity contribution in [3.63, 3.8) is 0 Å². The van der Waals surface area contributed by atoms with Crippen LogP contribution >= 0.6 is 0 Å². The van der Waals surface area contributed by atoms with Gasteiger partial charge in [-0.25, -0.2) is 0 Å². The molecule has 172 valence electrons. The minimum absolute atomic E-state index is 0.0794. The van der Waals surface area contributed by atoms with Crippen molar-refractivity contribution in [1.29, 1.82) is 0 Å². The number of anilines is 2. The number of carbonyl (C=O) groups excluding carboxylic acids is 2. The van der Waals surface area contributed by atoms with E-state index >= 15 is 0 Å². The SMILES string of the molecule is CCCCCCCOc1ccc(NC(=O)CNc2ccc(C(=O)N3CCCC3)cc2)cc1. The summed E-state index contributed by atoms with van der Waals surface area (Å²) in [6, 6.07) is 14.8. The molecule has 0 atom stereocenters. The normalized spacial score (nSPS) is 13.1. The zero-order valence-corrected chi connectivity index (χ0v) is 19.1. The average Bonchev–Trinajstić information content (AvgIpc) is 3.36. The van der Waals surface area contributed by atoms with Gasteiger partial charge in [-0.1, -0.05) is 32.6 Å². The highest BCUT2D eigenvalue weighted by atomic mass is 16.5. The third-order valence-electron chi connectivity index (χ3n) is 5.63. The molecule has 2 aromatic rings. The first-order valence-corrected chi connectivity index (χ1v) is 11.8. The number of nitrogens with one attached hydrogen (secondary N) is 2. The van der Waals surface area contributed by atoms with Crippen molar-refractivity contribution in [1.82, 2.24) is 4.90 Å². The summed E-state index contributed by atoms with van der Waals surface area (Å²) in [5, 5.41) is 5.98. The van der Waals surface area contributed by atoms with Crippen LogP contribution in [0.5, 0.6) is 5.75 Å². The number of carbonyl (C=O) groups is 2. The number of rotatable bonds is 12. The smallest absolute Gasteiger partial charge is 0.253 e. The molecule has 1 aliphatic rings. The van der Waals surface area contributed by atoms with Gasteiger partial charge in [0.1, 0.15) is 5.75 Å². The van der Waals surface area contributed by atoms with Gasteiger partial charge in [0, 0.05) is 30.0 Å². The van der Waals surface area contributed by atoms with E-state index in [0.29, 0.717) is 5.56 Å². The largest absolute Gasteiger partial charge is 0.494 e. The van der Waals surface area contributed by atoms with Gasteiger partial charge in [0.25, 0.3) is 5.91 Å². The molecule has 32 heavy (non-hydrogen) atoms. The molecule has 1 saturated heterocycles. The van der Waals surface area contributed by atoms with Gasteiger partial charge in [0.05, 0.1) is 13.2 Å². The Balaban J connectivity index is 1.36. The molecule has 1 fully saturated rings. The molecule has 2 amide bonds. The Morgan fingerprint density at radius 2 is 1.53 bits per heavy atom. The lowest BCUT2D eigenvalue weighted by molar-refractivity contribution is -0.114. The predicted octanol–water partition coefficient (Wildman–Crippen LogP) is 5.32. The zero-order valence-electron chi connectivity index (χ0n) is 19.1. The Labute approximate surface area is 191 Å². The van der Waals surface area contributed by atoms with Crippen molar-refractivity contribution >= 4 is 23.2 Å². The Morgan fingerprint density at radius 3 is 2.22 bits per heavy atom. The molecule has 0 spiro atoms. The van der Waals surface area contributed by atoms with Gasteiger partial charge < -0.3 is 20.3 Å². The lowest BCUT2D eigenvalue weighted by Gasteiger charge is -2.15. The summed E-state index contributed by atoms with van der Waals surface area (Å²) < 4.78 is 5.76. The number of hydrogen-bond donors (Lipinski definition) is 2. The van der Waals surface area contributed by atoms with Crippen molar-refractivity contribution in [3.8, 4) is 5.75 Å². The molecule has 0 aromatic heterocycles. The van der Waals surface area contributed by atoms with Crippen molar-refractivity contribution in [2.24, 2.45) is 0 Å². The number of ether oxygens (including phenoxy) is 1. The molecule has 0 radical (unpaired) electrons. The highest BCUT2D eigenvalue weighted by Gasteiger charge is 2.19. The molecule has 2 aromatic carbocycles. The van der Waals surface area contributed by atoms with Gasteiger partial charge in [0.15, 0.2) is 0 Å². The fourth-order valence-corrected chi connectivity index (χ4v) is 3.75. The second kappa shape index (κ2) is 12.7. The summed E-state index contributed by atoms with van der Waals surface area (Å²) in [6.07, 6.45) is 8.22. The van der Waals surface area contributed by atoms with Crippen molar-refractivity contribution in [3.05, 3.63) is 54.1 Å². The van der Waals surface area contributed by atoms with Crippen molar-refractivity contribution < 1.29 is 14.3 Å². The maximum Gasteiger partial charge on any atom is 0.253 e. The zero-order chi connectivity index (χ0) is 22.6. The van der Waals surface area contributed by atoms with Gasteiger partial charge in [-0.15, -0.1) is 0 Å². The Hall–Kier alpha value is -3.02. The van der Waals surface area contributed by atoms with Crippen LogP contribution in [0.3, 0.4) is 0 Å². The predicted molar refractivity (Wildman–Crippen MR) is 129 cm³/mol. The maximum atomic E-state index is 12.4. The van der Waals surface area contributed by atoms with E-state index < -0.39 is 0 Å². The van der Waals surface area contributed by atoms with Crippen LogP contribution in [0.4, 0.5) is 11.4 Å².